The van der Waals surface area contributed by atoms with Gasteiger partial charge in [0.2, 0.25) is 5.91 Å². The second kappa shape index (κ2) is 9.61. The lowest BCUT2D eigenvalue weighted by Gasteiger charge is -2.19. The van der Waals surface area contributed by atoms with Crippen molar-refractivity contribution < 1.29 is 9.72 Å². The Morgan fingerprint density at radius 3 is 2.72 bits per heavy atom. The summed E-state index contributed by atoms with van der Waals surface area (Å²) in [7, 11) is 0. The summed E-state index contributed by atoms with van der Waals surface area (Å²) < 4.78 is 1.97. The number of nitro groups is 1. The van der Waals surface area contributed by atoms with Gasteiger partial charge in [-0.2, -0.15) is 0 Å². The van der Waals surface area contributed by atoms with Crippen molar-refractivity contribution in [1.82, 2.24) is 14.9 Å². The van der Waals surface area contributed by atoms with Gasteiger partial charge < -0.3 is 15.2 Å². The van der Waals surface area contributed by atoms with Crippen molar-refractivity contribution in [2.45, 2.75) is 25.9 Å². The molecule has 0 unspecified atom stereocenters. The minimum Gasteiger partial charge on any atom is -0.337 e. The van der Waals surface area contributed by atoms with Crippen LogP contribution in [0.5, 0.6) is 0 Å². The number of anilines is 1. The lowest BCUT2D eigenvalue weighted by atomic mass is 10.1. The molecule has 2 aromatic carbocycles. The number of hydrogen-bond acceptors (Lipinski definition) is 5. The quantitative estimate of drug-likeness (QED) is 0.329. The number of aromatic nitrogens is 2. The van der Waals surface area contributed by atoms with Gasteiger partial charge >= 0.3 is 0 Å². The Bertz CT molecular complexity index is 958. The second-order valence-electron chi connectivity index (χ2n) is 6.72. The Kier molecular flexibility index (Phi) is 6.70. The van der Waals surface area contributed by atoms with Crippen LogP contribution in [-0.2, 0) is 11.3 Å². The molecule has 0 aliphatic rings. The van der Waals surface area contributed by atoms with Gasteiger partial charge in [-0.3, -0.25) is 14.9 Å². The van der Waals surface area contributed by atoms with Gasteiger partial charge in [0.15, 0.2) is 0 Å². The number of imidazole rings is 1. The molecule has 3 aromatic rings. The minimum absolute atomic E-state index is 0.120. The number of benzene rings is 2. The van der Waals surface area contributed by atoms with Crippen molar-refractivity contribution in [3.63, 3.8) is 0 Å². The van der Waals surface area contributed by atoms with Crippen LogP contribution in [0.25, 0.3) is 0 Å². The molecular weight excluding hydrogens is 370 g/mol. The van der Waals surface area contributed by atoms with Gasteiger partial charge in [0.1, 0.15) is 11.7 Å². The van der Waals surface area contributed by atoms with Crippen molar-refractivity contribution in [2.24, 2.45) is 0 Å². The molecule has 2 N–H and O–H groups in total. The van der Waals surface area contributed by atoms with Crippen LogP contribution in [0.4, 0.5) is 11.4 Å². The molecule has 29 heavy (non-hydrogen) atoms. The molecule has 0 saturated carbocycles. The highest BCUT2D eigenvalue weighted by Crippen LogP contribution is 2.26. The molecule has 1 amide bonds. The molecule has 0 spiro atoms. The normalized spacial score (nSPS) is 11.8. The standard InChI is InChI=1S/C21H23N5O3/c1-16-8-9-18(19(14-16)26(28)29)24-21(27)20(17-6-3-2-4-7-17)23-10-5-12-25-13-11-22-15-25/h2-4,6-9,11,13-15,20,23H,5,10,12H2,1H3,(H,24,27)/t20-/m0/s1. The molecule has 0 saturated heterocycles. The zero-order chi connectivity index (χ0) is 20.6. The summed E-state index contributed by atoms with van der Waals surface area (Å²) in [6, 6.07) is 13.4. The third kappa shape index (κ3) is 5.49. The van der Waals surface area contributed by atoms with E-state index in [0.29, 0.717) is 6.54 Å². The average molecular weight is 393 g/mol. The van der Waals surface area contributed by atoms with Gasteiger partial charge in [-0.05, 0) is 37.1 Å². The fourth-order valence-electron chi connectivity index (χ4n) is 3.04. The molecule has 0 aliphatic heterocycles. The van der Waals surface area contributed by atoms with Crippen LogP contribution in [-0.4, -0.2) is 26.9 Å². The molecule has 0 fully saturated rings. The van der Waals surface area contributed by atoms with E-state index < -0.39 is 11.0 Å². The number of hydrogen-bond donors (Lipinski definition) is 2. The van der Waals surface area contributed by atoms with Crippen LogP contribution < -0.4 is 10.6 Å². The van der Waals surface area contributed by atoms with Crippen LogP contribution in [0.3, 0.4) is 0 Å². The number of carbonyl (C=O) groups excluding carboxylic acids is 1. The Morgan fingerprint density at radius 2 is 2.03 bits per heavy atom. The molecule has 8 nitrogen and oxygen atoms in total. The summed E-state index contributed by atoms with van der Waals surface area (Å²) in [6.07, 6.45) is 6.16. The first-order valence-corrected chi connectivity index (χ1v) is 9.34. The van der Waals surface area contributed by atoms with E-state index >= 15 is 0 Å². The number of nitro benzene ring substituents is 1. The van der Waals surface area contributed by atoms with Crippen molar-refractivity contribution in [3.05, 3.63) is 88.5 Å². The first-order chi connectivity index (χ1) is 14.0. The zero-order valence-corrected chi connectivity index (χ0v) is 16.1. The van der Waals surface area contributed by atoms with Gasteiger partial charge in [0.25, 0.3) is 5.69 Å². The van der Waals surface area contributed by atoms with Gasteiger partial charge in [0, 0.05) is 25.0 Å². The van der Waals surface area contributed by atoms with Gasteiger partial charge in [0.05, 0.1) is 11.3 Å². The van der Waals surface area contributed by atoms with E-state index in [-0.39, 0.29) is 17.3 Å². The fourth-order valence-corrected chi connectivity index (χ4v) is 3.04. The zero-order valence-electron chi connectivity index (χ0n) is 16.1. The van der Waals surface area contributed by atoms with E-state index in [9.17, 15) is 14.9 Å². The van der Waals surface area contributed by atoms with Gasteiger partial charge in [-0.1, -0.05) is 36.4 Å². The van der Waals surface area contributed by atoms with Crippen LogP contribution in [0.2, 0.25) is 0 Å². The Balaban J connectivity index is 1.72. The Hall–Kier alpha value is -3.52. The number of nitrogens with one attached hydrogen (secondary N) is 2. The third-order valence-corrected chi connectivity index (χ3v) is 4.50. The first kappa shape index (κ1) is 20.2. The number of rotatable bonds is 9. The number of amides is 1. The molecule has 1 atom stereocenters. The molecule has 0 bridgehead atoms. The molecule has 1 aromatic heterocycles. The highest BCUT2D eigenvalue weighted by molar-refractivity contribution is 5.97. The van der Waals surface area contributed by atoms with Crippen molar-refractivity contribution in [3.8, 4) is 0 Å². The molecule has 1 heterocycles. The van der Waals surface area contributed by atoms with Gasteiger partial charge in [-0.15, -0.1) is 0 Å². The van der Waals surface area contributed by atoms with Crippen LogP contribution in [0, 0.1) is 17.0 Å². The SMILES string of the molecule is Cc1ccc(NC(=O)[C@@H](NCCCn2ccnc2)c2ccccc2)c([N+](=O)[O-])c1. The summed E-state index contributed by atoms with van der Waals surface area (Å²) in [6.45, 7) is 3.15. The topological polar surface area (TPSA) is 102 Å². The fraction of sp³-hybridized carbons (Fsp3) is 0.238. The monoisotopic (exact) mass is 393 g/mol. The van der Waals surface area contributed by atoms with E-state index in [4.69, 9.17) is 0 Å². The molecule has 8 heteroatoms. The molecule has 0 aliphatic carbocycles. The highest BCUT2D eigenvalue weighted by Gasteiger charge is 2.23. The first-order valence-electron chi connectivity index (χ1n) is 9.34. The summed E-state index contributed by atoms with van der Waals surface area (Å²) >= 11 is 0. The second-order valence-corrected chi connectivity index (χ2v) is 6.72. The van der Waals surface area contributed by atoms with Crippen LogP contribution >= 0.6 is 0 Å². The summed E-state index contributed by atoms with van der Waals surface area (Å²) in [5.74, 6) is -0.342. The van der Waals surface area contributed by atoms with Crippen molar-refractivity contribution >= 4 is 17.3 Å². The van der Waals surface area contributed by atoms with E-state index in [1.54, 1.807) is 31.6 Å². The Labute approximate surface area is 168 Å². The lowest BCUT2D eigenvalue weighted by molar-refractivity contribution is -0.384. The molecule has 150 valence electrons. The lowest BCUT2D eigenvalue weighted by Crippen LogP contribution is -2.34. The van der Waals surface area contributed by atoms with E-state index in [1.807, 2.05) is 41.1 Å². The van der Waals surface area contributed by atoms with Gasteiger partial charge in [-0.25, -0.2) is 4.98 Å². The summed E-state index contributed by atoms with van der Waals surface area (Å²) in [5.41, 5.74) is 1.62. The predicted molar refractivity (Wildman–Crippen MR) is 110 cm³/mol. The van der Waals surface area contributed by atoms with E-state index in [2.05, 4.69) is 15.6 Å². The number of carbonyl (C=O) groups is 1. The minimum atomic E-state index is -0.625. The molecule has 0 radical (unpaired) electrons. The maximum atomic E-state index is 13.0. The maximum Gasteiger partial charge on any atom is 0.293 e. The summed E-state index contributed by atoms with van der Waals surface area (Å²) in [4.78, 5) is 27.9. The van der Waals surface area contributed by atoms with E-state index in [1.165, 1.54) is 6.07 Å². The Morgan fingerprint density at radius 1 is 1.24 bits per heavy atom. The van der Waals surface area contributed by atoms with Crippen LogP contribution in [0.15, 0.2) is 67.3 Å². The summed E-state index contributed by atoms with van der Waals surface area (Å²) in [5, 5.41) is 17.3. The number of aryl methyl sites for hydroxylation is 2. The molecular formula is C21H23N5O3. The van der Waals surface area contributed by atoms with E-state index in [0.717, 1.165) is 24.1 Å². The van der Waals surface area contributed by atoms with Crippen molar-refractivity contribution in [1.29, 1.82) is 0 Å². The third-order valence-electron chi connectivity index (χ3n) is 4.50. The predicted octanol–water partition coefficient (Wildman–Crippen LogP) is 3.46. The largest absolute Gasteiger partial charge is 0.337 e. The number of nitrogens with zero attached hydrogens (tertiary/aromatic N) is 3. The van der Waals surface area contributed by atoms with Crippen LogP contribution in [0.1, 0.15) is 23.6 Å². The smallest absolute Gasteiger partial charge is 0.293 e. The molecule has 3 rings (SSSR count). The maximum absolute atomic E-state index is 13.0. The average Bonchev–Trinajstić information content (AvgIpc) is 3.23. The highest BCUT2D eigenvalue weighted by atomic mass is 16.6. The van der Waals surface area contributed by atoms with Crippen molar-refractivity contribution in [2.75, 3.05) is 11.9 Å².